The van der Waals surface area contributed by atoms with Gasteiger partial charge < -0.3 is 0 Å². The van der Waals surface area contributed by atoms with E-state index in [-0.39, 0.29) is 0 Å². The maximum Gasteiger partial charge on any atom is 0.365 e. The average Bonchev–Trinajstić information content (AvgIpc) is 1.80. The van der Waals surface area contributed by atoms with E-state index >= 15 is 0 Å². The van der Waals surface area contributed by atoms with Crippen molar-refractivity contribution in [2.75, 3.05) is 0 Å². The third-order valence-electron chi connectivity index (χ3n) is 0.973. The molecule has 0 fully saturated rings. The molecule has 0 radical (unpaired) electrons. The zero-order valence-electron chi connectivity index (χ0n) is 5.27. The highest BCUT2D eigenvalue weighted by Crippen LogP contribution is 2.27. The second kappa shape index (κ2) is 4.37. The normalized spacial score (nSPS) is 14.0. The Hall–Kier alpha value is 0.467. The van der Waals surface area contributed by atoms with Crippen molar-refractivity contribution in [3.8, 4) is 0 Å². The van der Waals surface area contributed by atoms with Gasteiger partial charge >= 0.3 is 6.00 Å². The fourth-order valence-electron chi connectivity index (χ4n) is 0.460. The van der Waals surface area contributed by atoms with Crippen LogP contribution >= 0.6 is 33.2 Å². The standard InChI is InChI=1S/C4H6Cl3NOSi/c1-2-4(8-3-9)10(5,6)7/h4H,2H2,1H3. The van der Waals surface area contributed by atoms with E-state index in [0.29, 0.717) is 6.42 Å². The first-order valence-electron chi connectivity index (χ1n) is 2.66. The highest BCUT2D eigenvalue weighted by Gasteiger charge is 2.35. The fourth-order valence-corrected chi connectivity index (χ4v) is 2.95. The summed E-state index contributed by atoms with van der Waals surface area (Å²) < 4.78 is 0. The van der Waals surface area contributed by atoms with Crippen molar-refractivity contribution >= 4 is 45.3 Å². The molecule has 6 heteroatoms. The lowest BCUT2D eigenvalue weighted by atomic mass is 10.5. The van der Waals surface area contributed by atoms with Gasteiger partial charge in [0.25, 0.3) is 0 Å². The molecule has 58 valence electrons. The van der Waals surface area contributed by atoms with E-state index in [1.54, 1.807) is 6.92 Å². The lowest BCUT2D eigenvalue weighted by molar-refractivity contribution is 0.561. The first-order chi connectivity index (χ1) is 4.52. The van der Waals surface area contributed by atoms with Gasteiger partial charge in [-0.2, -0.15) is 0 Å². The Bertz CT molecular complexity index is 151. The molecule has 2 nitrogen and oxygen atoms in total. The predicted octanol–water partition coefficient (Wildman–Crippen LogP) is 2.30. The molecule has 0 heterocycles. The van der Waals surface area contributed by atoms with Crippen molar-refractivity contribution in [1.82, 2.24) is 0 Å². The first-order valence-corrected chi connectivity index (χ1v) is 7.77. The molecule has 1 unspecified atom stereocenters. The molecular formula is C4H6Cl3NOSi. The maximum atomic E-state index is 9.78. The molecular weight excluding hydrogens is 212 g/mol. The Morgan fingerprint density at radius 2 is 2.10 bits per heavy atom. The topological polar surface area (TPSA) is 29.4 Å². The molecule has 10 heavy (non-hydrogen) atoms. The molecule has 0 amide bonds. The van der Waals surface area contributed by atoms with Crippen LogP contribution in [0.5, 0.6) is 0 Å². The molecule has 0 rings (SSSR count). The lowest BCUT2D eigenvalue weighted by Gasteiger charge is -2.12. The van der Waals surface area contributed by atoms with Gasteiger partial charge in [0.2, 0.25) is 6.08 Å². The van der Waals surface area contributed by atoms with Crippen LogP contribution in [0.15, 0.2) is 4.99 Å². The Kier molecular flexibility index (Phi) is 4.57. The van der Waals surface area contributed by atoms with Crippen molar-refractivity contribution in [3.63, 3.8) is 0 Å². The third kappa shape index (κ3) is 3.59. The highest BCUT2D eigenvalue weighted by atomic mass is 35.8. The van der Waals surface area contributed by atoms with Crippen LogP contribution in [0.2, 0.25) is 0 Å². The number of rotatable bonds is 3. The Morgan fingerprint density at radius 3 is 2.20 bits per heavy atom. The lowest BCUT2D eigenvalue weighted by Crippen LogP contribution is -2.28. The number of aliphatic imine (C=N–C) groups is 1. The molecule has 0 aliphatic rings. The molecule has 0 spiro atoms. The summed E-state index contributed by atoms with van der Waals surface area (Å²) in [5.41, 5.74) is -0.449. The summed E-state index contributed by atoms with van der Waals surface area (Å²) in [5, 5.41) is 0. The highest BCUT2D eigenvalue weighted by molar-refractivity contribution is 7.65. The van der Waals surface area contributed by atoms with Crippen molar-refractivity contribution in [1.29, 1.82) is 0 Å². The van der Waals surface area contributed by atoms with Gasteiger partial charge in [-0.1, -0.05) is 6.92 Å². The summed E-state index contributed by atoms with van der Waals surface area (Å²) in [6.07, 6.45) is 1.95. The van der Waals surface area contributed by atoms with Crippen LogP contribution in [0.1, 0.15) is 13.3 Å². The summed E-state index contributed by atoms with van der Waals surface area (Å²) >= 11 is 16.7. The summed E-state index contributed by atoms with van der Waals surface area (Å²) in [4.78, 5) is 13.1. The fraction of sp³-hybridized carbons (Fsp3) is 0.750. The minimum absolute atomic E-state index is 0.449. The van der Waals surface area contributed by atoms with Gasteiger partial charge in [0.1, 0.15) is 0 Å². The summed E-state index contributed by atoms with van der Waals surface area (Å²) in [7, 11) is 0. The first kappa shape index (κ1) is 10.5. The molecule has 1 atom stereocenters. The SMILES string of the molecule is CCC(N=C=O)[Si](Cl)(Cl)Cl. The monoisotopic (exact) mass is 217 g/mol. The minimum atomic E-state index is -2.82. The quantitative estimate of drug-likeness (QED) is 0.309. The zero-order valence-corrected chi connectivity index (χ0v) is 8.54. The van der Waals surface area contributed by atoms with Gasteiger partial charge in [0.05, 0.1) is 5.67 Å². The van der Waals surface area contributed by atoms with Gasteiger partial charge in [-0.25, -0.2) is 9.79 Å². The van der Waals surface area contributed by atoms with Crippen LogP contribution in [-0.4, -0.2) is 17.7 Å². The number of carbonyl (C=O) groups excluding carboxylic acids is 1. The zero-order chi connectivity index (χ0) is 8.20. The van der Waals surface area contributed by atoms with E-state index in [1.165, 1.54) is 6.08 Å². The largest absolute Gasteiger partial charge is 0.365 e. The van der Waals surface area contributed by atoms with Crippen molar-refractivity contribution in [2.24, 2.45) is 4.99 Å². The molecule has 0 aromatic carbocycles. The van der Waals surface area contributed by atoms with Crippen LogP contribution in [-0.2, 0) is 4.79 Å². The molecule has 0 bridgehead atoms. The molecule has 0 aromatic rings. The molecule has 0 aliphatic heterocycles. The number of isocyanates is 1. The van der Waals surface area contributed by atoms with Crippen LogP contribution in [0.3, 0.4) is 0 Å². The maximum absolute atomic E-state index is 9.78. The van der Waals surface area contributed by atoms with E-state index in [0.717, 1.165) is 0 Å². The number of halogens is 3. The Morgan fingerprint density at radius 1 is 1.60 bits per heavy atom. The van der Waals surface area contributed by atoms with Gasteiger partial charge in [0.15, 0.2) is 0 Å². The smallest absolute Gasteiger partial charge is 0.211 e. The van der Waals surface area contributed by atoms with Gasteiger partial charge in [0, 0.05) is 0 Å². The number of hydrogen-bond acceptors (Lipinski definition) is 2. The van der Waals surface area contributed by atoms with E-state index in [2.05, 4.69) is 4.99 Å². The molecule has 0 saturated heterocycles. The summed E-state index contributed by atoms with van der Waals surface area (Å²) in [6, 6.07) is -2.82. The van der Waals surface area contributed by atoms with Gasteiger partial charge in [-0.15, -0.1) is 33.2 Å². The second-order valence-corrected chi connectivity index (χ2v) is 10.5. The van der Waals surface area contributed by atoms with E-state index < -0.39 is 11.7 Å². The number of nitrogens with zero attached hydrogens (tertiary/aromatic N) is 1. The van der Waals surface area contributed by atoms with E-state index in [1.807, 2.05) is 0 Å². The summed E-state index contributed by atoms with van der Waals surface area (Å²) in [6.45, 7) is 1.81. The molecule has 0 saturated carbocycles. The Labute approximate surface area is 74.3 Å². The predicted molar refractivity (Wildman–Crippen MR) is 45.5 cm³/mol. The van der Waals surface area contributed by atoms with Crippen molar-refractivity contribution < 1.29 is 4.79 Å². The van der Waals surface area contributed by atoms with Crippen LogP contribution in [0, 0.1) is 0 Å². The van der Waals surface area contributed by atoms with E-state index in [9.17, 15) is 4.79 Å². The van der Waals surface area contributed by atoms with Gasteiger partial charge in [-0.05, 0) is 6.42 Å². The summed E-state index contributed by atoms with van der Waals surface area (Å²) in [5.74, 6) is 0. The minimum Gasteiger partial charge on any atom is -0.211 e. The number of hydrogen-bond donors (Lipinski definition) is 0. The van der Waals surface area contributed by atoms with Crippen molar-refractivity contribution in [2.45, 2.75) is 19.0 Å². The van der Waals surface area contributed by atoms with Crippen LogP contribution in [0.25, 0.3) is 0 Å². The second-order valence-electron chi connectivity index (χ2n) is 1.69. The molecule has 0 aliphatic carbocycles. The average molecular weight is 219 g/mol. The van der Waals surface area contributed by atoms with Gasteiger partial charge in [-0.3, -0.25) is 0 Å². The van der Waals surface area contributed by atoms with Crippen LogP contribution in [0.4, 0.5) is 0 Å². The third-order valence-corrected chi connectivity index (χ3v) is 4.53. The molecule has 0 N–H and O–H groups in total. The van der Waals surface area contributed by atoms with Crippen LogP contribution < -0.4 is 0 Å². The van der Waals surface area contributed by atoms with E-state index in [4.69, 9.17) is 33.2 Å². The van der Waals surface area contributed by atoms with Crippen molar-refractivity contribution in [3.05, 3.63) is 0 Å². The molecule has 0 aromatic heterocycles. The Balaban J connectivity index is 4.20.